The molecule has 1 aromatic rings. The van der Waals surface area contributed by atoms with Crippen LogP contribution in [-0.4, -0.2) is 23.3 Å². The summed E-state index contributed by atoms with van der Waals surface area (Å²) in [5, 5.41) is 9.84. The third-order valence-electron chi connectivity index (χ3n) is 3.51. The fourth-order valence-corrected chi connectivity index (χ4v) is 2.15. The SMILES string of the molecule is Cc1noc(C)c1C[C@H](C)NC(=O)NC1CCC1. The van der Waals surface area contributed by atoms with Crippen LogP contribution in [0.15, 0.2) is 4.52 Å². The molecular formula is C13H21N3O2. The van der Waals surface area contributed by atoms with Crippen LogP contribution in [0, 0.1) is 13.8 Å². The molecule has 1 atom stereocenters. The molecule has 5 heteroatoms. The van der Waals surface area contributed by atoms with E-state index in [4.69, 9.17) is 4.52 Å². The molecule has 1 aromatic heterocycles. The van der Waals surface area contributed by atoms with Gasteiger partial charge in [-0.05, 0) is 46.5 Å². The Labute approximate surface area is 107 Å². The molecule has 18 heavy (non-hydrogen) atoms. The van der Waals surface area contributed by atoms with Gasteiger partial charge in [0.05, 0.1) is 5.69 Å². The minimum absolute atomic E-state index is 0.0704. The topological polar surface area (TPSA) is 67.2 Å². The molecule has 1 heterocycles. The van der Waals surface area contributed by atoms with E-state index in [0.29, 0.717) is 6.04 Å². The number of rotatable bonds is 4. The molecule has 1 aliphatic carbocycles. The van der Waals surface area contributed by atoms with Crippen LogP contribution in [0.2, 0.25) is 0 Å². The Bertz CT molecular complexity index is 404. The number of nitrogens with one attached hydrogen (secondary N) is 2. The summed E-state index contributed by atoms with van der Waals surface area (Å²) >= 11 is 0. The van der Waals surface area contributed by atoms with Gasteiger partial charge in [-0.25, -0.2) is 4.79 Å². The second-order valence-electron chi connectivity index (χ2n) is 5.15. The molecular weight excluding hydrogens is 230 g/mol. The maximum Gasteiger partial charge on any atom is 0.315 e. The molecule has 0 spiro atoms. The smallest absolute Gasteiger partial charge is 0.315 e. The first kappa shape index (κ1) is 12.9. The average molecular weight is 251 g/mol. The van der Waals surface area contributed by atoms with E-state index in [1.807, 2.05) is 20.8 Å². The zero-order valence-electron chi connectivity index (χ0n) is 11.2. The van der Waals surface area contributed by atoms with Crippen LogP contribution in [0.25, 0.3) is 0 Å². The Morgan fingerprint density at radius 1 is 1.50 bits per heavy atom. The number of hydrogen-bond acceptors (Lipinski definition) is 3. The lowest BCUT2D eigenvalue weighted by Gasteiger charge is -2.27. The number of carbonyl (C=O) groups excluding carboxylic acids is 1. The number of nitrogens with zero attached hydrogens (tertiary/aromatic N) is 1. The minimum atomic E-state index is -0.0704. The number of hydrogen-bond donors (Lipinski definition) is 2. The van der Waals surface area contributed by atoms with E-state index in [-0.39, 0.29) is 12.1 Å². The summed E-state index contributed by atoms with van der Waals surface area (Å²) in [7, 11) is 0. The molecule has 1 aliphatic rings. The highest BCUT2D eigenvalue weighted by molar-refractivity contribution is 5.74. The maximum atomic E-state index is 11.7. The Morgan fingerprint density at radius 3 is 2.72 bits per heavy atom. The highest BCUT2D eigenvalue weighted by Crippen LogP contribution is 2.18. The van der Waals surface area contributed by atoms with Crippen molar-refractivity contribution < 1.29 is 9.32 Å². The van der Waals surface area contributed by atoms with Crippen molar-refractivity contribution in [1.29, 1.82) is 0 Å². The Morgan fingerprint density at radius 2 is 2.22 bits per heavy atom. The molecule has 0 radical (unpaired) electrons. The fourth-order valence-electron chi connectivity index (χ4n) is 2.15. The monoisotopic (exact) mass is 251 g/mol. The van der Waals surface area contributed by atoms with Crippen molar-refractivity contribution in [2.24, 2.45) is 0 Å². The summed E-state index contributed by atoms with van der Waals surface area (Å²) in [5.74, 6) is 0.834. The lowest BCUT2D eigenvalue weighted by molar-refractivity contribution is 0.225. The summed E-state index contributed by atoms with van der Waals surface area (Å²) in [4.78, 5) is 11.7. The van der Waals surface area contributed by atoms with E-state index in [1.54, 1.807) is 0 Å². The summed E-state index contributed by atoms with van der Waals surface area (Å²) in [5.41, 5.74) is 1.99. The highest BCUT2D eigenvalue weighted by Gasteiger charge is 2.20. The Kier molecular flexibility index (Phi) is 3.89. The summed E-state index contributed by atoms with van der Waals surface area (Å²) in [6.45, 7) is 5.82. The first-order chi connectivity index (χ1) is 8.56. The van der Waals surface area contributed by atoms with Crippen LogP contribution >= 0.6 is 0 Å². The lowest BCUT2D eigenvalue weighted by atomic mass is 9.93. The second kappa shape index (κ2) is 5.42. The van der Waals surface area contributed by atoms with Crippen molar-refractivity contribution in [2.75, 3.05) is 0 Å². The number of aromatic nitrogens is 1. The molecule has 5 nitrogen and oxygen atoms in total. The van der Waals surface area contributed by atoms with Crippen LogP contribution in [0.4, 0.5) is 4.79 Å². The third-order valence-corrected chi connectivity index (χ3v) is 3.51. The fraction of sp³-hybridized carbons (Fsp3) is 0.692. The van der Waals surface area contributed by atoms with Crippen molar-refractivity contribution in [2.45, 2.75) is 58.5 Å². The molecule has 2 N–H and O–H groups in total. The maximum absolute atomic E-state index is 11.7. The first-order valence-corrected chi connectivity index (χ1v) is 6.55. The van der Waals surface area contributed by atoms with Gasteiger partial charge in [0.1, 0.15) is 5.76 Å². The summed E-state index contributed by atoms with van der Waals surface area (Å²) < 4.78 is 5.11. The molecule has 2 amide bonds. The molecule has 0 aromatic carbocycles. The van der Waals surface area contributed by atoms with E-state index in [1.165, 1.54) is 6.42 Å². The van der Waals surface area contributed by atoms with Gasteiger partial charge in [-0.3, -0.25) is 0 Å². The average Bonchev–Trinajstić information content (AvgIpc) is 2.55. The summed E-state index contributed by atoms with van der Waals surface area (Å²) in [6, 6.07) is 0.372. The number of amides is 2. The van der Waals surface area contributed by atoms with E-state index < -0.39 is 0 Å². The van der Waals surface area contributed by atoms with E-state index >= 15 is 0 Å². The van der Waals surface area contributed by atoms with Gasteiger partial charge in [-0.15, -0.1) is 0 Å². The van der Waals surface area contributed by atoms with Crippen LogP contribution in [0.5, 0.6) is 0 Å². The van der Waals surface area contributed by atoms with Crippen molar-refractivity contribution >= 4 is 6.03 Å². The normalized spacial score (nSPS) is 17.1. The van der Waals surface area contributed by atoms with Gasteiger partial charge in [0.2, 0.25) is 0 Å². The zero-order valence-corrected chi connectivity index (χ0v) is 11.2. The van der Waals surface area contributed by atoms with Crippen molar-refractivity contribution in [3.8, 4) is 0 Å². The number of carbonyl (C=O) groups is 1. The van der Waals surface area contributed by atoms with E-state index in [9.17, 15) is 4.79 Å². The van der Waals surface area contributed by atoms with Gasteiger partial charge in [0.25, 0.3) is 0 Å². The number of urea groups is 1. The predicted molar refractivity (Wildman–Crippen MR) is 68.4 cm³/mol. The van der Waals surface area contributed by atoms with Gasteiger partial charge in [-0.1, -0.05) is 5.16 Å². The van der Waals surface area contributed by atoms with Crippen LogP contribution in [-0.2, 0) is 6.42 Å². The van der Waals surface area contributed by atoms with Gasteiger partial charge >= 0.3 is 6.03 Å². The van der Waals surface area contributed by atoms with Crippen LogP contribution in [0.1, 0.15) is 43.2 Å². The molecule has 1 saturated carbocycles. The predicted octanol–water partition coefficient (Wildman–Crippen LogP) is 2.07. The third kappa shape index (κ3) is 3.03. The van der Waals surface area contributed by atoms with Crippen LogP contribution in [0.3, 0.4) is 0 Å². The largest absolute Gasteiger partial charge is 0.361 e. The quantitative estimate of drug-likeness (QED) is 0.861. The molecule has 0 unspecified atom stereocenters. The van der Waals surface area contributed by atoms with Crippen LogP contribution < -0.4 is 10.6 Å². The number of aryl methyl sites for hydroxylation is 2. The second-order valence-corrected chi connectivity index (χ2v) is 5.15. The standard InChI is InChI=1S/C13H21N3O2/c1-8(7-12-9(2)16-18-10(12)3)14-13(17)15-11-5-4-6-11/h8,11H,4-7H2,1-3H3,(H2,14,15,17)/t8-/m0/s1. The lowest BCUT2D eigenvalue weighted by Crippen LogP contribution is -2.48. The van der Waals surface area contributed by atoms with Gasteiger partial charge in [-0.2, -0.15) is 0 Å². The molecule has 2 rings (SSSR count). The van der Waals surface area contributed by atoms with Gasteiger partial charge in [0.15, 0.2) is 0 Å². The molecule has 0 bridgehead atoms. The van der Waals surface area contributed by atoms with Crippen molar-refractivity contribution in [3.63, 3.8) is 0 Å². The Hall–Kier alpha value is -1.52. The van der Waals surface area contributed by atoms with E-state index in [2.05, 4.69) is 15.8 Å². The van der Waals surface area contributed by atoms with E-state index in [0.717, 1.165) is 36.3 Å². The minimum Gasteiger partial charge on any atom is -0.361 e. The van der Waals surface area contributed by atoms with Gasteiger partial charge in [0, 0.05) is 17.6 Å². The Balaban J connectivity index is 1.80. The van der Waals surface area contributed by atoms with Crippen molar-refractivity contribution in [3.05, 3.63) is 17.0 Å². The molecule has 0 aliphatic heterocycles. The first-order valence-electron chi connectivity index (χ1n) is 6.55. The van der Waals surface area contributed by atoms with Crippen molar-refractivity contribution in [1.82, 2.24) is 15.8 Å². The zero-order chi connectivity index (χ0) is 13.1. The van der Waals surface area contributed by atoms with Gasteiger partial charge < -0.3 is 15.2 Å². The molecule has 100 valence electrons. The molecule has 0 saturated heterocycles. The highest BCUT2D eigenvalue weighted by atomic mass is 16.5. The molecule has 1 fully saturated rings. The summed E-state index contributed by atoms with van der Waals surface area (Å²) in [6.07, 6.45) is 4.18.